The van der Waals surface area contributed by atoms with Gasteiger partial charge in [0.2, 0.25) is 0 Å². The summed E-state index contributed by atoms with van der Waals surface area (Å²) >= 11 is 1.36. The second-order valence-electron chi connectivity index (χ2n) is 6.45. The van der Waals surface area contributed by atoms with Gasteiger partial charge in [0.1, 0.15) is 9.88 Å². The summed E-state index contributed by atoms with van der Waals surface area (Å²) in [6.07, 6.45) is 4.79. The molecule has 2 rings (SSSR count). The highest BCUT2D eigenvalue weighted by Crippen LogP contribution is 2.24. The van der Waals surface area contributed by atoms with Crippen molar-refractivity contribution in [3.8, 4) is 0 Å². The van der Waals surface area contributed by atoms with E-state index in [-0.39, 0.29) is 12.0 Å². The maximum absolute atomic E-state index is 12.0. The number of carbonyl (C=O) groups is 1. The van der Waals surface area contributed by atoms with Crippen molar-refractivity contribution in [3.05, 3.63) is 33.5 Å². The molecule has 0 amide bonds. The lowest BCUT2D eigenvalue weighted by molar-refractivity contribution is 0.0531. The number of hydrogen-bond acceptors (Lipinski definition) is 6. The second-order valence-corrected chi connectivity index (χ2v) is 7.48. The van der Waals surface area contributed by atoms with E-state index in [1.807, 2.05) is 44.8 Å². The van der Waals surface area contributed by atoms with E-state index in [2.05, 4.69) is 25.7 Å². The van der Waals surface area contributed by atoms with E-state index in [1.54, 1.807) is 6.92 Å². The predicted octanol–water partition coefficient (Wildman–Crippen LogP) is 2.84. The number of carbonyl (C=O) groups excluding carboxylic acids is 1. The van der Waals surface area contributed by atoms with Gasteiger partial charge in [-0.15, -0.1) is 11.3 Å². The number of aliphatic imine (C=N–C) groups is 1. The molecule has 1 unspecified atom stereocenters. The summed E-state index contributed by atoms with van der Waals surface area (Å²) in [5.74, 6) is 0.419. The molecule has 0 aliphatic carbocycles. The predicted molar refractivity (Wildman–Crippen MR) is 112 cm³/mol. The lowest BCUT2D eigenvalue weighted by atomic mass is 10.3. The number of aryl methyl sites for hydroxylation is 3. The van der Waals surface area contributed by atoms with Crippen LogP contribution in [0.5, 0.6) is 0 Å². The highest BCUT2D eigenvalue weighted by molar-refractivity contribution is 7.13. The molecule has 0 aliphatic rings. The third-order valence-corrected chi connectivity index (χ3v) is 5.24. The smallest absolute Gasteiger partial charge is 0.350 e. The molecule has 154 valence electrons. The van der Waals surface area contributed by atoms with Crippen LogP contribution in [0.3, 0.4) is 0 Å². The Bertz CT molecular complexity index is 798. The Balaban J connectivity index is 1.94. The highest BCUT2D eigenvalue weighted by atomic mass is 32.1. The number of rotatable bonds is 9. The number of aromatic nitrogens is 3. The van der Waals surface area contributed by atoms with E-state index in [1.165, 1.54) is 11.3 Å². The van der Waals surface area contributed by atoms with Crippen LogP contribution in [0.15, 0.2) is 17.4 Å². The normalized spacial score (nSPS) is 12.7. The van der Waals surface area contributed by atoms with Crippen LogP contribution in [0.1, 0.15) is 59.2 Å². The van der Waals surface area contributed by atoms with E-state index in [4.69, 9.17) is 4.74 Å². The van der Waals surface area contributed by atoms with Gasteiger partial charge in [-0.2, -0.15) is 5.10 Å². The molecule has 0 fully saturated rings. The summed E-state index contributed by atoms with van der Waals surface area (Å²) in [7, 11) is 0. The monoisotopic (exact) mass is 406 g/mol. The molecule has 2 aromatic heterocycles. The molecular formula is C19H30N6O2S. The molecule has 28 heavy (non-hydrogen) atoms. The summed E-state index contributed by atoms with van der Waals surface area (Å²) in [6.45, 7) is 12.3. The van der Waals surface area contributed by atoms with Crippen molar-refractivity contribution >= 4 is 23.3 Å². The number of nitrogens with zero attached hydrogens (tertiary/aromatic N) is 4. The lowest BCUT2D eigenvalue weighted by Crippen LogP contribution is -2.38. The fourth-order valence-corrected chi connectivity index (χ4v) is 3.55. The van der Waals surface area contributed by atoms with Gasteiger partial charge in [0.25, 0.3) is 0 Å². The van der Waals surface area contributed by atoms with E-state index in [9.17, 15) is 4.79 Å². The Morgan fingerprint density at radius 3 is 2.82 bits per heavy atom. The van der Waals surface area contributed by atoms with Crippen LogP contribution in [0.25, 0.3) is 0 Å². The Morgan fingerprint density at radius 1 is 1.39 bits per heavy atom. The zero-order valence-corrected chi connectivity index (χ0v) is 18.1. The number of esters is 1. The van der Waals surface area contributed by atoms with Crippen molar-refractivity contribution < 1.29 is 9.53 Å². The van der Waals surface area contributed by atoms with E-state index >= 15 is 0 Å². The van der Waals surface area contributed by atoms with Gasteiger partial charge in [0.15, 0.2) is 5.96 Å². The molecule has 0 spiro atoms. The minimum atomic E-state index is -0.314. The average molecular weight is 407 g/mol. The van der Waals surface area contributed by atoms with E-state index < -0.39 is 0 Å². The lowest BCUT2D eigenvalue weighted by Gasteiger charge is -2.16. The molecule has 8 nitrogen and oxygen atoms in total. The number of nitrogens with one attached hydrogen (secondary N) is 2. The molecule has 2 N–H and O–H groups in total. The van der Waals surface area contributed by atoms with Gasteiger partial charge in [-0.1, -0.05) is 0 Å². The van der Waals surface area contributed by atoms with Crippen molar-refractivity contribution in [1.29, 1.82) is 0 Å². The van der Waals surface area contributed by atoms with E-state index in [0.717, 1.165) is 36.0 Å². The van der Waals surface area contributed by atoms with Crippen molar-refractivity contribution in [2.45, 2.75) is 53.6 Å². The van der Waals surface area contributed by atoms with Crippen LogP contribution in [0.2, 0.25) is 0 Å². The first kappa shape index (κ1) is 21.9. The van der Waals surface area contributed by atoms with Crippen LogP contribution in [-0.4, -0.2) is 46.4 Å². The zero-order valence-electron chi connectivity index (χ0n) is 17.3. The minimum Gasteiger partial charge on any atom is -0.462 e. The Labute approximate surface area is 170 Å². The minimum absolute atomic E-state index is 0.0709. The first-order valence-corrected chi connectivity index (χ1v) is 10.4. The molecule has 2 aromatic rings. The van der Waals surface area contributed by atoms with Crippen molar-refractivity contribution in [3.63, 3.8) is 0 Å². The maximum atomic E-state index is 12.0. The maximum Gasteiger partial charge on any atom is 0.350 e. The Kier molecular flexibility index (Phi) is 8.43. The van der Waals surface area contributed by atoms with E-state index in [0.29, 0.717) is 23.7 Å². The topological polar surface area (TPSA) is 93.4 Å². The van der Waals surface area contributed by atoms with Gasteiger partial charge in [0, 0.05) is 25.8 Å². The van der Waals surface area contributed by atoms with Crippen LogP contribution in [-0.2, 0) is 11.3 Å². The Morgan fingerprint density at radius 2 is 2.18 bits per heavy atom. The molecule has 2 heterocycles. The van der Waals surface area contributed by atoms with Crippen LogP contribution < -0.4 is 10.6 Å². The van der Waals surface area contributed by atoms with Gasteiger partial charge < -0.3 is 15.4 Å². The van der Waals surface area contributed by atoms with Gasteiger partial charge in [0.05, 0.1) is 24.5 Å². The van der Waals surface area contributed by atoms with Gasteiger partial charge in [-0.05, 0) is 46.6 Å². The molecule has 0 saturated carbocycles. The van der Waals surface area contributed by atoms with Crippen molar-refractivity contribution in [1.82, 2.24) is 25.4 Å². The first-order chi connectivity index (χ1) is 13.4. The number of guanidine groups is 1. The van der Waals surface area contributed by atoms with Crippen LogP contribution in [0, 0.1) is 13.8 Å². The summed E-state index contributed by atoms with van der Waals surface area (Å²) in [6, 6.07) is -0.0709. The molecule has 0 saturated heterocycles. The molecule has 0 bridgehead atoms. The van der Waals surface area contributed by atoms with Gasteiger partial charge in [-0.3, -0.25) is 9.67 Å². The first-order valence-electron chi connectivity index (χ1n) is 9.62. The molecule has 0 radical (unpaired) electrons. The fourth-order valence-electron chi connectivity index (χ4n) is 2.59. The zero-order chi connectivity index (χ0) is 20.5. The van der Waals surface area contributed by atoms with Crippen molar-refractivity contribution in [2.24, 2.45) is 4.99 Å². The molecule has 9 heteroatoms. The number of thiazole rings is 1. The Hall–Kier alpha value is -2.42. The number of ether oxygens (including phenoxy) is 1. The average Bonchev–Trinajstić information content (AvgIpc) is 3.24. The molecular weight excluding hydrogens is 376 g/mol. The summed E-state index contributed by atoms with van der Waals surface area (Å²) < 4.78 is 7.03. The quantitative estimate of drug-likeness (QED) is 0.288. The van der Waals surface area contributed by atoms with Crippen molar-refractivity contribution in [2.75, 3.05) is 19.7 Å². The summed E-state index contributed by atoms with van der Waals surface area (Å²) in [4.78, 5) is 21.7. The molecule has 0 aliphatic heterocycles. The molecule has 1 atom stereocenters. The number of hydrogen-bond donors (Lipinski definition) is 2. The third kappa shape index (κ3) is 6.33. The highest BCUT2D eigenvalue weighted by Gasteiger charge is 2.20. The third-order valence-electron chi connectivity index (χ3n) is 3.92. The van der Waals surface area contributed by atoms with Gasteiger partial charge >= 0.3 is 5.97 Å². The summed E-state index contributed by atoms with van der Waals surface area (Å²) in [5.41, 5.74) is 1.86. The standard InChI is InChI=1S/C19H30N6O2S/c1-6-20-19(21-9-8-10-25-12-13(3)11-22-25)24-15(5)17-23-14(4)16(28-17)18(26)27-7-2/h11-12,15H,6-10H2,1-5H3,(H2,20,21,24). The SMILES string of the molecule is CCNC(=NCCCn1cc(C)cn1)NC(C)c1nc(C)c(C(=O)OCC)s1. The largest absolute Gasteiger partial charge is 0.462 e. The fraction of sp³-hybridized carbons (Fsp3) is 0.579. The van der Waals surface area contributed by atoms with Gasteiger partial charge in [-0.25, -0.2) is 9.78 Å². The second kappa shape index (κ2) is 10.8. The summed E-state index contributed by atoms with van der Waals surface area (Å²) in [5, 5.41) is 11.7. The molecule has 0 aromatic carbocycles. The van der Waals surface area contributed by atoms with Crippen LogP contribution >= 0.6 is 11.3 Å². The van der Waals surface area contributed by atoms with Crippen LogP contribution in [0.4, 0.5) is 0 Å².